The van der Waals surface area contributed by atoms with Crippen LogP contribution in [0.2, 0.25) is 0 Å². The Morgan fingerprint density at radius 1 is 1.14 bits per heavy atom. The van der Waals surface area contributed by atoms with Gasteiger partial charge in [0.2, 0.25) is 10.0 Å². The van der Waals surface area contributed by atoms with Gasteiger partial charge in [-0.25, -0.2) is 13.1 Å². The van der Waals surface area contributed by atoms with E-state index in [1.54, 1.807) is 27.0 Å². The molecule has 29 heavy (non-hydrogen) atoms. The minimum Gasteiger partial charge on any atom is -0.492 e. The molecule has 2 aromatic rings. The average Bonchev–Trinajstić information content (AvgIpc) is 2.68. The maximum atomic E-state index is 12.3. The molecule has 0 aliphatic heterocycles. The van der Waals surface area contributed by atoms with Crippen LogP contribution < -0.4 is 14.8 Å². The van der Waals surface area contributed by atoms with E-state index in [2.05, 4.69) is 15.0 Å². The van der Waals surface area contributed by atoms with Crippen molar-refractivity contribution in [3.63, 3.8) is 0 Å². The van der Waals surface area contributed by atoms with Gasteiger partial charge < -0.3 is 10.1 Å². The van der Waals surface area contributed by atoms with E-state index in [9.17, 15) is 8.42 Å². The molecule has 0 amide bonds. The van der Waals surface area contributed by atoms with E-state index in [-0.39, 0.29) is 6.04 Å². The Morgan fingerprint density at radius 3 is 2.62 bits per heavy atom. The summed E-state index contributed by atoms with van der Waals surface area (Å²) in [5.41, 5.74) is 0.971. The van der Waals surface area contributed by atoms with Gasteiger partial charge in [0.05, 0.1) is 10.3 Å². The van der Waals surface area contributed by atoms with Gasteiger partial charge >= 0.3 is 0 Å². The number of benzene rings is 1. The number of sulfonamides is 1. The van der Waals surface area contributed by atoms with Gasteiger partial charge in [-0.1, -0.05) is 6.07 Å². The summed E-state index contributed by atoms with van der Waals surface area (Å²) in [6.45, 7) is 7.57. The number of hydrogen-bond donors (Lipinski definition) is 2. The van der Waals surface area contributed by atoms with Crippen molar-refractivity contribution in [2.24, 2.45) is 5.92 Å². The summed E-state index contributed by atoms with van der Waals surface area (Å²) in [5.74, 6) is 1.45. The van der Waals surface area contributed by atoms with Gasteiger partial charge in [0.15, 0.2) is 0 Å². The molecule has 6 nitrogen and oxygen atoms in total. The third kappa shape index (κ3) is 6.14. The van der Waals surface area contributed by atoms with Crippen molar-refractivity contribution in [1.29, 1.82) is 0 Å². The molecule has 1 aliphatic carbocycles. The van der Waals surface area contributed by atoms with Crippen LogP contribution in [0, 0.1) is 5.92 Å². The summed E-state index contributed by atoms with van der Waals surface area (Å²) in [5, 5.41) is 4.55. The van der Waals surface area contributed by atoms with E-state index < -0.39 is 14.8 Å². The van der Waals surface area contributed by atoms with Gasteiger partial charge in [-0.2, -0.15) is 0 Å². The first-order valence-electron chi connectivity index (χ1n) is 10.4. The monoisotopic (exact) mass is 419 g/mol. The van der Waals surface area contributed by atoms with E-state index >= 15 is 0 Å². The van der Waals surface area contributed by atoms with Crippen molar-refractivity contribution in [3.05, 3.63) is 36.5 Å². The van der Waals surface area contributed by atoms with Gasteiger partial charge in [0, 0.05) is 24.2 Å². The van der Waals surface area contributed by atoms with Gasteiger partial charge in [-0.3, -0.25) is 4.98 Å². The molecule has 1 aromatic carbocycles. The smallest absolute Gasteiger partial charge is 0.216 e. The van der Waals surface area contributed by atoms with E-state index in [1.165, 1.54) is 0 Å². The van der Waals surface area contributed by atoms with Gasteiger partial charge in [0.1, 0.15) is 12.4 Å². The van der Waals surface area contributed by atoms with Crippen LogP contribution >= 0.6 is 0 Å². The topological polar surface area (TPSA) is 80.3 Å². The molecule has 0 unspecified atom stereocenters. The second-order valence-corrected chi connectivity index (χ2v) is 11.3. The molecular weight excluding hydrogens is 386 g/mol. The summed E-state index contributed by atoms with van der Waals surface area (Å²) in [6.07, 6.45) is 5.69. The SMILES string of the molecule is CC(C)(C)S(=O)(=O)NC1CCC(CNCCOc2ccc3ncccc3c2)CC1. The highest BCUT2D eigenvalue weighted by Gasteiger charge is 2.32. The third-order valence-corrected chi connectivity index (χ3v) is 7.79. The first kappa shape index (κ1) is 22.0. The van der Waals surface area contributed by atoms with E-state index in [0.717, 1.165) is 55.4 Å². The lowest BCUT2D eigenvalue weighted by molar-refractivity contribution is 0.280. The number of pyridine rings is 1. The molecule has 160 valence electrons. The number of aromatic nitrogens is 1. The normalized spacial score (nSPS) is 20.7. The molecule has 0 spiro atoms. The molecule has 3 rings (SSSR count). The zero-order valence-corrected chi connectivity index (χ0v) is 18.5. The maximum Gasteiger partial charge on any atom is 0.216 e. The largest absolute Gasteiger partial charge is 0.492 e. The van der Waals surface area contributed by atoms with Gasteiger partial charge in [0.25, 0.3) is 0 Å². The molecule has 0 saturated heterocycles. The highest BCUT2D eigenvalue weighted by Crippen LogP contribution is 2.26. The molecule has 1 aromatic heterocycles. The molecular formula is C22H33N3O3S. The fourth-order valence-electron chi connectivity index (χ4n) is 3.57. The molecule has 1 heterocycles. The average molecular weight is 420 g/mol. The lowest BCUT2D eigenvalue weighted by Gasteiger charge is -2.31. The summed E-state index contributed by atoms with van der Waals surface area (Å²) in [7, 11) is -3.27. The summed E-state index contributed by atoms with van der Waals surface area (Å²) in [6, 6.07) is 9.98. The number of nitrogens with one attached hydrogen (secondary N) is 2. The molecule has 0 atom stereocenters. The second-order valence-electron chi connectivity index (χ2n) is 8.86. The lowest BCUT2D eigenvalue weighted by Crippen LogP contribution is -2.46. The number of ether oxygens (including phenoxy) is 1. The molecule has 0 radical (unpaired) electrons. The summed E-state index contributed by atoms with van der Waals surface area (Å²) in [4.78, 5) is 4.31. The van der Waals surface area contributed by atoms with Crippen molar-refractivity contribution in [3.8, 4) is 5.75 Å². The maximum absolute atomic E-state index is 12.3. The number of fused-ring (bicyclic) bond motifs is 1. The zero-order chi connectivity index (χ0) is 20.9. The first-order valence-corrected chi connectivity index (χ1v) is 11.9. The van der Waals surface area contributed by atoms with Crippen LogP contribution in [0.4, 0.5) is 0 Å². The molecule has 1 saturated carbocycles. The van der Waals surface area contributed by atoms with E-state index in [1.807, 2.05) is 30.3 Å². The quantitative estimate of drug-likeness (QED) is 0.641. The van der Waals surface area contributed by atoms with Crippen molar-refractivity contribution < 1.29 is 13.2 Å². The van der Waals surface area contributed by atoms with Crippen molar-refractivity contribution in [2.45, 2.75) is 57.2 Å². The Labute approximate surface area is 174 Å². The number of hydrogen-bond acceptors (Lipinski definition) is 5. The van der Waals surface area contributed by atoms with Crippen LogP contribution in [0.15, 0.2) is 36.5 Å². The predicted molar refractivity (Wildman–Crippen MR) is 118 cm³/mol. The minimum absolute atomic E-state index is 0.0706. The number of nitrogens with zero attached hydrogens (tertiary/aromatic N) is 1. The zero-order valence-electron chi connectivity index (χ0n) is 17.6. The lowest BCUT2D eigenvalue weighted by atomic mass is 9.86. The van der Waals surface area contributed by atoms with Crippen LogP contribution in [0.1, 0.15) is 46.5 Å². The van der Waals surface area contributed by atoms with Crippen molar-refractivity contribution >= 4 is 20.9 Å². The van der Waals surface area contributed by atoms with Gasteiger partial charge in [-0.15, -0.1) is 0 Å². The van der Waals surface area contributed by atoms with Crippen LogP contribution in [-0.4, -0.2) is 43.9 Å². The molecule has 7 heteroatoms. The molecule has 0 bridgehead atoms. The van der Waals surface area contributed by atoms with Crippen molar-refractivity contribution in [1.82, 2.24) is 15.0 Å². The second kappa shape index (κ2) is 9.41. The predicted octanol–water partition coefficient (Wildman–Crippen LogP) is 3.48. The number of rotatable bonds is 8. The van der Waals surface area contributed by atoms with Crippen molar-refractivity contribution in [2.75, 3.05) is 19.7 Å². The minimum atomic E-state index is -3.27. The fourth-order valence-corrected chi connectivity index (χ4v) is 4.60. The Hall–Kier alpha value is -1.70. The highest BCUT2D eigenvalue weighted by molar-refractivity contribution is 7.90. The molecule has 1 fully saturated rings. The van der Waals surface area contributed by atoms with E-state index in [4.69, 9.17) is 4.74 Å². The molecule has 1 aliphatic rings. The van der Waals surface area contributed by atoms with Crippen LogP contribution in [0.3, 0.4) is 0 Å². The molecule has 2 N–H and O–H groups in total. The fraction of sp³-hybridized carbons (Fsp3) is 0.591. The third-order valence-electron chi connectivity index (χ3n) is 5.53. The standard InChI is InChI=1S/C22H33N3O3S/c1-22(2,3)29(26,27)25-19-8-6-17(7-9-19)16-23-13-14-28-20-10-11-21-18(15-20)5-4-12-24-21/h4-5,10-12,15,17,19,23,25H,6-9,13-14,16H2,1-3H3. The Bertz CT molecular complexity index is 901. The van der Waals surface area contributed by atoms with Crippen LogP contribution in [0.25, 0.3) is 10.9 Å². The Kier molecular flexibility index (Phi) is 7.14. The Balaban J connectivity index is 1.32. The van der Waals surface area contributed by atoms with E-state index in [0.29, 0.717) is 12.5 Å². The van der Waals surface area contributed by atoms with Gasteiger partial charge in [-0.05, 0) is 83.2 Å². The Morgan fingerprint density at radius 2 is 1.90 bits per heavy atom. The summed E-state index contributed by atoms with van der Waals surface area (Å²) >= 11 is 0. The highest BCUT2D eigenvalue weighted by atomic mass is 32.2. The van der Waals surface area contributed by atoms with Crippen LogP contribution in [-0.2, 0) is 10.0 Å². The first-order chi connectivity index (χ1) is 13.7. The summed E-state index contributed by atoms with van der Waals surface area (Å²) < 4.78 is 32.6. The van der Waals surface area contributed by atoms with Crippen LogP contribution in [0.5, 0.6) is 5.75 Å².